The highest BCUT2D eigenvalue weighted by Gasteiger charge is 2.21. The van der Waals surface area contributed by atoms with Gasteiger partial charge in [0.25, 0.3) is 5.91 Å². The van der Waals surface area contributed by atoms with Gasteiger partial charge in [0, 0.05) is 14.2 Å². The van der Waals surface area contributed by atoms with E-state index in [0.717, 1.165) is 18.5 Å². The molecule has 0 fully saturated rings. The molecule has 0 saturated heterocycles. The third-order valence-electron chi connectivity index (χ3n) is 3.05. The van der Waals surface area contributed by atoms with Crippen LogP contribution in [0, 0.1) is 0 Å². The molecule has 1 atom stereocenters. The SMILES string of the molecule is CCCC(COC)NC(=O)c1c(N)c(CC)nn1C. The molecule has 0 aliphatic heterocycles. The Hall–Kier alpha value is -1.56. The monoisotopic (exact) mass is 268 g/mol. The van der Waals surface area contributed by atoms with Crippen molar-refractivity contribution in [2.45, 2.75) is 39.2 Å². The van der Waals surface area contributed by atoms with Crippen molar-refractivity contribution in [3.05, 3.63) is 11.4 Å². The molecular weight excluding hydrogens is 244 g/mol. The van der Waals surface area contributed by atoms with E-state index in [-0.39, 0.29) is 11.9 Å². The van der Waals surface area contributed by atoms with Gasteiger partial charge in [0.1, 0.15) is 5.69 Å². The number of hydrogen-bond donors (Lipinski definition) is 2. The van der Waals surface area contributed by atoms with Gasteiger partial charge in [-0.05, 0) is 12.8 Å². The second kappa shape index (κ2) is 7.13. The van der Waals surface area contributed by atoms with Crippen molar-refractivity contribution < 1.29 is 9.53 Å². The maximum atomic E-state index is 12.3. The van der Waals surface area contributed by atoms with Crippen LogP contribution in [0.1, 0.15) is 42.9 Å². The fraction of sp³-hybridized carbons (Fsp3) is 0.692. The molecule has 0 saturated carbocycles. The number of methoxy groups -OCH3 is 1. The minimum absolute atomic E-state index is 0.00174. The van der Waals surface area contributed by atoms with Crippen LogP contribution < -0.4 is 11.1 Å². The Balaban J connectivity index is 2.84. The Kier molecular flexibility index (Phi) is 5.82. The summed E-state index contributed by atoms with van der Waals surface area (Å²) in [5, 5.41) is 7.20. The van der Waals surface area contributed by atoms with Gasteiger partial charge in [0.15, 0.2) is 0 Å². The topological polar surface area (TPSA) is 82.2 Å². The summed E-state index contributed by atoms with van der Waals surface area (Å²) in [4.78, 5) is 12.3. The molecule has 1 unspecified atom stereocenters. The van der Waals surface area contributed by atoms with Crippen LogP contribution in [0.4, 0.5) is 5.69 Å². The second-order valence-electron chi connectivity index (χ2n) is 4.60. The number of hydrogen-bond acceptors (Lipinski definition) is 4. The fourth-order valence-corrected chi connectivity index (χ4v) is 2.13. The van der Waals surface area contributed by atoms with Crippen molar-refractivity contribution in [1.82, 2.24) is 15.1 Å². The molecule has 0 aliphatic carbocycles. The first-order valence-electron chi connectivity index (χ1n) is 6.66. The molecule has 0 spiro atoms. The number of nitrogens with one attached hydrogen (secondary N) is 1. The molecule has 0 aromatic carbocycles. The van der Waals surface area contributed by atoms with Crippen LogP contribution in [-0.2, 0) is 18.2 Å². The summed E-state index contributed by atoms with van der Waals surface area (Å²) in [7, 11) is 3.36. The molecule has 0 aliphatic rings. The summed E-state index contributed by atoms with van der Waals surface area (Å²) >= 11 is 0. The first-order valence-corrected chi connectivity index (χ1v) is 6.66. The van der Waals surface area contributed by atoms with E-state index >= 15 is 0 Å². The lowest BCUT2D eigenvalue weighted by atomic mass is 10.1. The molecule has 1 rings (SSSR count). The van der Waals surface area contributed by atoms with E-state index in [0.29, 0.717) is 24.4 Å². The van der Waals surface area contributed by atoms with Crippen LogP contribution in [-0.4, -0.2) is 35.4 Å². The van der Waals surface area contributed by atoms with E-state index in [1.807, 2.05) is 6.92 Å². The summed E-state index contributed by atoms with van der Waals surface area (Å²) in [6.45, 7) is 4.53. The van der Waals surface area contributed by atoms with Gasteiger partial charge in [0.2, 0.25) is 0 Å². The van der Waals surface area contributed by atoms with Crippen molar-refractivity contribution in [2.24, 2.45) is 7.05 Å². The van der Waals surface area contributed by atoms with Gasteiger partial charge in [-0.1, -0.05) is 20.3 Å². The zero-order valence-electron chi connectivity index (χ0n) is 12.2. The number of ether oxygens (including phenoxy) is 1. The van der Waals surface area contributed by atoms with Gasteiger partial charge in [-0.25, -0.2) is 0 Å². The number of carbonyl (C=O) groups is 1. The lowest BCUT2D eigenvalue weighted by Crippen LogP contribution is -2.39. The average molecular weight is 268 g/mol. The van der Waals surface area contributed by atoms with Crippen molar-refractivity contribution in [2.75, 3.05) is 19.5 Å². The quantitative estimate of drug-likeness (QED) is 0.776. The Labute approximate surface area is 114 Å². The summed E-state index contributed by atoms with van der Waals surface area (Å²) in [6, 6.07) is 0.00174. The van der Waals surface area contributed by atoms with Gasteiger partial charge in [-0.15, -0.1) is 0 Å². The van der Waals surface area contributed by atoms with Gasteiger partial charge < -0.3 is 15.8 Å². The highest BCUT2D eigenvalue weighted by atomic mass is 16.5. The molecule has 108 valence electrons. The predicted octanol–water partition coefficient (Wildman–Crippen LogP) is 1.11. The van der Waals surface area contributed by atoms with Gasteiger partial charge >= 0.3 is 0 Å². The Morgan fingerprint density at radius 2 is 2.21 bits per heavy atom. The minimum atomic E-state index is -0.192. The number of nitrogens with zero attached hydrogens (tertiary/aromatic N) is 2. The summed E-state index contributed by atoms with van der Waals surface area (Å²) < 4.78 is 6.65. The highest BCUT2D eigenvalue weighted by Crippen LogP contribution is 2.17. The predicted molar refractivity (Wildman–Crippen MR) is 75.0 cm³/mol. The van der Waals surface area contributed by atoms with E-state index in [4.69, 9.17) is 10.5 Å². The van der Waals surface area contributed by atoms with Crippen LogP contribution in [0.25, 0.3) is 0 Å². The Morgan fingerprint density at radius 3 is 2.68 bits per heavy atom. The van der Waals surface area contributed by atoms with Crippen LogP contribution >= 0.6 is 0 Å². The third-order valence-corrected chi connectivity index (χ3v) is 3.05. The van der Waals surface area contributed by atoms with Crippen molar-refractivity contribution in [1.29, 1.82) is 0 Å². The smallest absolute Gasteiger partial charge is 0.271 e. The second-order valence-corrected chi connectivity index (χ2v) is 4.60. The molecule has 6 nitrogen and oxygen atoms in total. The van der Waals surface area contributed by atoms with Crippen LogP contribution in [0.2, 0.25) is 0 Å². The number of aryl methyl sites for hydroxylation is 2. The lowest BCUT2D eigenvalue weighted by Gasteiger charge is -2.17. The number of nitrogens with two attached hydrogens (primary N) is 1. The summed E-state index contributed by atoms with van der Waals surface area (Å²) in [5.74, 6) is -0.192. The van der Waals surface area contributed by atoms with Gasteiger partial charge in [-0.3, -0.25) is 9.48 Å². The molecule has 0 radical (unpaired) electrons. The number of aromatic nitrogens is 2. The third kappa shape index (κ3) is 3.70. The largest absolute Gasteiger partial charge is 0.395 e. The lowest BCUT2D eigenvalue weighted by molar-refractivity contribution is 0.0883. The van der Waals surface area contributed by atoms with Gasteiger partial charge in [-0.2, -0.15) is 5.10 Å². The standard InChI is InChI=1S/C13H24N4O2/c1-5-7-9(8-19-4)15-13(18)12-11(14)10(6-2)16-17(12)3/h9H,5-8,14H2,1-4H3,(H,15,18). The van der Waals surface area contributed by atoms with Crippen LogP contribution in [0.5, 0.6) is 0 Å². The first-order chi connectivity index (χ1) is 9.04. The molecule has 1 heterocycles. The van der Waals surface area contributed by atoms with Crippen molar-refractivity contribution in [3.63, 3.8) is 0 Å². The zero-order valence-corrected chi connectivity index (χ0v) is 12.2. The fourth-order valence-electron chi connectivity index (χ4n) is 2.13. The van der Waals surface area contributed by atoms with Gasteiger partial charge in [0.05, 0.1) is 24.0 Å². The van der Waals surface area contributed by atoms with Crippen molar-refractivity contribution >= 4 is 11.6 Å². The zero-order chi connectivity index (χ0) is 14.4. The maximum Gasteiger partial charge on any atom is 0.271 e. The maximum absolute atomic E-state index is 12.3. The van der Waals surface area contributed by atoms with E-state index in [9.17, 15) is 4.79 Å². The van der Waals surface area contributed by atoms with Crippen molar-refractivity contribution in [3.8, 4) is 0 Å². The molecule has 6 heteroatoms. The molecule has 1 amide bonds. The molecule has 1 aromatic heterocycles. The minimum Gasteiger partial charge on any atom is -0.395 e. The normalized spacial score (nSPS) is 12.4. The average Bonchev–Trinajstić information content (AvgIpc) is 2.64. The molecular formula is C13H24N4O2. The summed E-state index contributed by atoms with van der Waals surface area (Å²) in [6.07, 6.45) is 2.57. The number of carbonyl (C=O) groups excluding carboxylic acids is 1. The summed E-state index contributed by atoms with van der Waals surface area (Å²) in [5.41, 5.74) is 7.61. The Morgan fingerprint density at radius 1 is 1.53 bits per heavy atom. The van der Waals surface area contributed by atoms with Crippen LogP contribution in [0.3, 0.4) is 0 Å². The Bertz CT molecular complexity index is 423. The first kappa shape index (κ1) is 15.5. The molecule has 19 heavy (non-hydrogen) atoms. The molecule has 3 N–H and O–H groups in total. The van der Waals surface area contributed by atoms with E-state index < -0.39 is 0 Å². The highest BCUT2D eigenvalue weighted by molar-refractivity contribution is 5.98. The van der Waals surface area contributed by atoms with E-state index in [2.05, 4.69) is 17.3 Å². The van der Waals surface area contributed by atoms with E-state index in [1.165, 1.54) is 0 Å². The number of anilines is 1. The molecule has 0 bridgehead atoms. The van der Waals surface area contributed by atoms with E-state index in [1.54, 1.807) is 18.8 Å². The molecule has 1 aromatic rings. The number of amides is 1. The number of rotatable bonds is 7. The number of nitrogen functional groups attached to an aromatic ring is 1. The van der Waals surface area contributed by atoms with Crippen LogP contribution in [0.15, 0.2) is 0 Å².